The molecule has 0 bridgehead atoms. The number of pyridine rings is 1. The van der Waals surface area contributed by atoms with Crippen molar-refractivity contribution in [1.29, 1.82) is 0 Å². The van der Waals surface area contributed by atoms with Gasteiger partial charge in [-0.2, -0.15) is 0 Å². The minimum absolute atomic E-state index is 0.177. The third-order valence-electron chi connectivity index (χ3n) is 2.16. The van der Waals surface area contributed by atoms with Crippen LogP contribution in [0.1, 0.15) is 23.8 Å². The number of rotatable bonds is 5. The van der Waals surface area contributed by atoms with E-state index in [1.54, 1.807) is 0 Å². The Morgan fingerprint density at radius 3 is 2.72 bits per heavy atom. The highest BCUT2D eigenvalue weighted by molar-refractivity contribution is 5.94. The summed E-state index contributed by atoms with van der Waals surface area (Å²) < 4.78 is 0. The van der Waals surface area contributed by atoms with Gasteiger partial charge in [-0.25, -0.2) is 4.98 Å². The first-order valence-electron chi connectivity index (χ1n) is 5.18. The molecule has 0 saturated carbocycles. The van der Waals surface area contributed by atoms with Gasteiger partial charge in [-0.15, -0.1) is 0 Å². The lowest BCUT2D eigenvalue weighted by molar-refractivity contribution is -0.141. The Bertz CT molecular complexity index is 459. The van der Waals surface area contributed by atoms with Crippen LogP contribution in [0.3, 0.4) is 0 Å². The van der Waals surface area contributed by atoms with E-state index >= 15 is 0 Å². The number of amides is 1. The monoisotopic (exact) mass is 254 g/mol. The van der Waals surface area contributed by atoms with Crippen molar-refractivity contribution in [3.63, 3.8) is 0 Å². The maximum atomic E-state index is 11.6. The zero-order valence-corrected chi connectivity index (χ0v) is 9.75. The molecular weight excluding hydrogens is 240 g/mol. The van der Waals surface area contributed by atoms with Crippen molar-refractivity contribution in [2.24, 2.45) is 0 Å². The predicted octanol–water partition coefficient (Wildman–Crippen LogP) is -0.257. The largest absolute Gasteiger partial charge is 0.505 e. The van der Waals surface area contributed by atoms with Gasteiger partial charge < -0.3 is 20.6 Å². The third kappa shape index (κ3) is 4.02. The lowest BCUT2D eigenvalue weighted by Gasteiger charge is -2.21. The molecular formula is C11H14N2O5. The fourth-order valence-electron chi connectivity index (χ4n) is 1.31. The number of nitrogens with one attached hydrogen (secondary N) is 1. The molecule has 1 aromatic rings. The Balaban J connectivity index is 2.62. The average Bonchev–Trinajstić information content (AvgIpc) is 2.25. The van der Waals surface area contributed by atoms with Crippen molar-refractivity contribution < 1.29 is 24.9 Å². The normalized spacial score (nSPS) is 13.7. The predicted molar refractivity (Wildman–Crippen MR) is 61.1 cm³/mol. The molecule has 1 unspecified atom stereocenters. The maximum Gasteiger partial charge on any atom is 0.306 e. The number of aliphatic carboxylic acids is 1. The Hall–Kier alpha value is -2.15. The number of aliphatic hydroxyl groups is 1. The molecule has 1 heterocycles. The van der Waals surface area contributed by atoms with Crippen molar-refractivity contribution in [1.82, 2.24) is 10.3 Å². The van der Waals surface area contributed by atoms with E-state index in [-0.39, 0.29) is 18.0 Å². The van der Waals surface area contributed by atoms with Gasteiger partial charge in [-0.3, -0.25) is 9.59 Å². The summed E-state index contributed by atoms with van der Waals surface area (Å²) in [4.78, 5) is 25.7. The van der Waals surface area contributed by atoms with Crippen LogP contribution in [-0.4, -0.2) is 44.3 Å². The van der Waals surface area contributed by atoms with Gasteiger partial charge in [0.05, 0.1) is 12.0 Å². The molecule has 7 heteroatoms. The lowest BCUT2D eigenvalue weighted by Crippen LogP contribution is -2.42. The number of nitrogens with zero attached hydrogens (tertiary/aromatic N) is 1. The molecule has 1 rings (SSSR count). The fourth-order valence-corrected chi connectivity index (χ4v) is 1.31. The van der Waals surface area contributed by atoms with Gasteiger partial charge in [0.15, 0.2) is 5.69 Å². The second kappa shape index (κ2) is 5.46. The quantitative estimate of drug-likeness (QED) is 0.574. The van der Waals surface area contributed by atoms with Gasteiger partial charge in [-0.1, -0.05) is 0 Å². The van der Waals surface area contributed by atoms with Crippen LogP contribution in [0.25, 0.3) is 0 Å². The fraction of sp³-hybridized carbons (Fsp3) is 0.364. The number of aromatic hydroxyl groups is 1. The Morgan fingerprint density at radius 2 is 2.17 bits per heavy atom. The van der Waals surface area contributed by atoms with Crippen LogP contribution < -0.4 is 5.32 Å². The molecule has 18 heavy (non-hydrogen) atoms. The lowest BCUT2D eigenvalue weighted by atomic mass is 10.0. The average molecular weight is 254 g/mol. The summed E-state index contributed by atoms with van der Waals surface area (Å²) in [5.74, 6) is -2.14. The zero-order valence-electron chi connectivity index (χ0n) is 9.75. The molecule has 1 aromatic heterocycles. The topological polar surface area (TPSA) is 120 Å². The first kappa shape index (κ1) is 13.9. The van der Waals surface area contributed by atoms with Crippen LogP contribution in [0.5, 0.6) is 5.75 Å². The molecule has 98 valence electrons. The molecule has 4 N–H and O–H groups in total. The zero-order chi connectivity index (χ0) is 13.8. The highest BCUT2D eigenvalue weighted by Gasteiger charge is 2.25. The Labute approximate surface area is 103 Å². The summed E-state index contributed by atoms with van der Waals surface area (Å²) in [6.45, 7) is 1.04. The SMILES string of the molecule is CC(O)(CNC(=O)c1ncccc1O)CC(=O)O. The van der Waals surface area contributed by atoms with E-state index < -0.39 is 23.9 Å². The molecule has 0 saturated heterocycles. The summed E-state index contributed by atoms with van der Waals surface area (Å²) in [6, 6.07) is 2.77. The van der Waals surface area contributed by atoms with Crippen LogP contribution >= 0.6 is 0 Å². The van der Waals surface area contributed by atoms with Crippen molar-refractivity contribution in [2.45, 2.75) is 18.9 Å². The minimum Gasteiger partial charge on any atom is -0.505 e. The minimum atomic E-state index is -1.56. The summed E-state index contributed by atoms with van der Waals surface area (Å²) in [7, 11) is 0. The number of carboxylic acids is 1. The number of hydrogen-bond donors (Lipinski definition) is 4. The van der Waals surface area contributed by atoms with E-state index in [2.05, 4.69) is 10.3 Å². The molecule has 0 radical (unpaired) electrons. The van der Waals surface area contributed by atoms with Gasteiger partial charge in [0.1, 0.15) is 5.75 Å². The second-order valence-electron chi connectivity index (χ2n) is 4.12. The van der Waals surface area contributed by atoms with Crippen molar-refractivity contribution in [3.05, 3.63) is 24.0 Å². The van der Waals surface area contributed by atoms with E-state index in [0.29, 0.717) is 0 Å². The molecule has 0 aliphatic heterocycles. The van der Waals surface area contributed by atoms with Crippen LogP contribution in [-0.2, 0) is 4.79 Å². The summed E-state index contributed by atoms with van der Waals surface area (Å²) >= 11 is 0. The molecule has 0 fully saturated rings. The standard InChI is InChI=1S/C11H14N2O5/c1-11(18,5-8(15)16)6-13-10(17)9-7(14)3-2-4-12-9/h2-4,14,18H,5-6H2,1H3,(H,13,17)(H,15,16). The first-order chi connectivity index (χ1) is 8.32. The third-order valence-corrected chi connectivity index (χ3v) is 2.16. The van der Waals surface area contributed by atoms with Gasteiger partial charge in [-0.05, 0) is 19.1 Å². The van der Waals surface area contributed by atoms with Gasteiger partial charge >= 0.3 is 5.97 Å². The molecule has 1 amide bonds. The van der Waals surface area contributed by atoms with Crippen molar-refractivity contribution in [2.75, 3.05) is 6.54 Å². The van der Waals surface area contributed by atoms with Gasteiger partial charge in [0, 0.05) is 12.7 Å². The van der Waals surface area contributed by atoms with E-state index in [0.717, 1.165) is 0 Å². The number of hydrogen-bond acceptors (Lipinski definition) is 5. The highest BCUT2D eigenvalue weighted by Crippen LogP contribution is 2.13. The highest BCUT2D eigenvalue weighted by atomic mass is 16.4. The molecule has 0 aromatic carbocycles. The molecule has 0 spiro atoms. The Kier molecular flexibility index (Phi) is 4.22. The number of carbonyl (C=O) groups excluding carboxylic acids is 1. The number of carboxylic acid groups (broad SMARTS) is 1. The van der Waals surface area contributed by atoms with E-state index in [9.17, 15) is 19.8 Å². The van der Waals surface area contributed by atoms with Gasteiger partial charge in [0.2, 0.25) is 0 Å². The van der Waals surface area contributed by atoms with Crippen LogP contribution in [0.15, 0.2) is 18.3 Å². The summed E-state index contributed by atoms with van der Waals surface area (Å²) in [6.07, 6.45) is 0.839. The maximum absolute atomic E-state index is 11.6. The Morgan fingerprint density at radius 1 is 1.50 bits per heavy atom. The van der Waals surface area contributed by atoms with Gasteiger partial charge in [0.25, 0.3) is 5.91 Å². The van der Waals surface area contributed by atoms with E-state index in [1.807, 2.05) is 0 Å². The van der Waals surface area contributed by atoms with Crippen LogP contribution in [0.2, 0.25) is 0 Å². The summed E-state index contributed by atoms with van der Waals surface area (Å²) in [5, 5.41) is 29.9. The van der Waals surface area contributed by atoms with Crippen molar-refractivity contribution in [3.8, 4) is 5.75 Å². The van der Waals surface area contributed by atoms with E-state index in [1.165, 1.54) is 25.3 Å². The molecule has 7 nitrogen and oxygen atoms in total. The van der Waals surface area contributed by atoms with Crippen LogP contribution in [0, 0.1) is 0 Å². The van der Waals surface area contributed by atoms with Crippen molar-refractivity contribution >= 4 is 11.9 Å². The van der Waals surface area contributed by atoms with Crippen LogP contribution in [0.4, 0.5) is 0 Å². The summed E-state index contributed by atoms with van der Waals surface area (Å²) in [5.41, 5.74) is -1.74. The van der Waals surface area contributed by atoms with E-state index in [4.69, 9.17) is 5.11 Å². The molecule has 0 aliphatic carbocycles. The number of aromatic nitrogens is 1. The second-order valence-corrected chi connectivity index (χ2v) is 4.12. The first-order valence-corrected chi connectivity index (χ1v) is 5.18. The molecule has 0 aliphatic rings. The molecule has 1 atom stereocenters. The number of carbonyl (C=O) groups is 2. The smallest absolute Gasteiger partial charge is 0.306 e.